The van der Waals surface area contributed by atoms with E-state index in [0.717, 1.165) is 29.4 Å². The van der Waals surface area contributed by atoms with Crippen molar-refractivity contribution in [1.29, 1.82) is 0 Å². The van der Waals surface area contributed by atoms with E-state index in [-0.39, 0.29) is 12.0 Å². The van der Waals surface area contributed by atoms with Crippen molar-refractivity contribution in [3.63, 3.8) is 0 Å². The number of hydrogen-bond acceptors (Lipinski definition) is 5. The van der Waals surface area contributed by atoms with Gasteiger partial charge in [-0.1, -0.05) is 18.2 Å². The molecule has 2 aliphatic heterocycles. The fourth-order valence-corrected chi connectivity index (χ4v) is 3.87. The average Bonchev–Trinajstić information content (AvgIpc) is 3.41. The summed E-state index contributed by atoms with van der Waals surface area (Å²) in [5.41, 5.74) is 3.88. The van der Waals surface area contributed by atoms with Crippen molar-refractivity contribution in [2.24, 2.45) is 0 Å². The van der Waals surface area contributed by atoms with Gasteiger partial charge in [-0.25, -0.2) is 9.97 Å². The maximum Gasteiger partial charge on any atom is 0.289 e. The lowest BCUT2D eigenvalue weighted by molar-refractivity contribution is 0.0760. The maximum absolute atomic E-state index is 12.9. The number of hydrogen-bond donors (Lipinski definition) is 1. The summed E-state index contributed by atoms with van der Waals surface area (Å²) in [7, 11) is 0. The zero-order chi connectivity index (χ0) is 19.6. The molecule has 0 bridgehead atoms. The number of rotatable bonds is 4. The Morgan fingerprint density at radius 2 is 2.17 bits per heavy atom. The minimum atomic E-state index is -0.0966. The van der Waals surface area contributed by atoms with Gasteiger partial charge >= 0.3 is 0 Å². The molecule has 1 amide bonds. The van der Waals surface area contributed by atoms with Crippen molar-refractivity contribution in [3.05, 3.63) is 60.1 Å². The highest BCUT2D eigenvalue weighted by atomic mass is 16.5. The van der Waals surface area contributed by atoms with Crippen LogP contribution in [0.15, 0.2) is 48.7 Å². The van der Waals surface area contributed by atoms with Crippen LogP contribution in [0.1, 0.15) is 29.0 Å². The summed E-state index contributed by atoms with van der Waals surface area (Å²) in [4.78, 5) is 26.6. The third kappa shape index (κ3) is 3.61. The molecule has 0 spiro atoms. The Kier molecular flexibility index (Phi) is 4.73. The summed E-state index contributed by atoms with van der Waals surface area (Å²) in [6, 6.07) is 11.6. The van der Waals surface area contributed by atoms with Crippen molar-refractivity contribution in [1.82, 2.24) is 19.9 Å². The predicted molar refractivity (Wildman–Crippen MR) is 109 cm³/mol. The second-order valence-electron chi connectivity index (χ2n) is 7.29. The number of nitrogens with one attached hydrogen (secondary N) is 1. The molecule has 3 aromatic rings. The topological polar surface area (TPSA) is 80.3 Å². The normalized spacial score (nSPS) is 19.4. The van der Waals surface area contributed by atoms with Crippen molar-refractivity contribution < 1.29 is 14.3 Å². The van der Waals surface area contributed by atoms with Crippen LogP contribution in [-0.2, 0) is 4.74 Å². The molecule has 5 rings (SSSR count). The second-order valence-corrected chi connectivity index (χ2v) is 7.29. The number of para-hydroxylation sites is 2. The molecular formula is C22H22N4O3. The molecule has 0 saturated carbocycles. The quantitative estimate of drug-likeness (QED) is 0.741. The number of carbonyl (C=O) groups is 1. The van der Waals surface area contributed by atoms with Crippen molar-refractivity contribution in [3.8, 4) is 5.88 Å². The van der Waals surface area contributed by atoms with Crippen LogP contribution in [0.25, 0.3) is 16.6 Å². The van der Waals surface area contributed by atoms with Gasteiger partial charge < -0.3 is 19.4 Å². The molecule has 148 valence electrons. The molecule has 7 nitrogen and oxygen atoms in total. The molecule has 7 heteroatoms. The summed E-state index contributed by atoms with van der Waals surface area (Å²) < 4.78 is 11.6. The first-order valence-electron chi connectivity index (χ1n) is 9.91. The molecule has 1 N–H and O–H groups in total. The summed E-state index contributed by atoms with van der Waals surface area (Å²) >= 11 is 0. The smallest absolute Gasteiger partial charge is 0.289 e. The van der Waals surface area contributed by atoms with Crippen molar-refractivity contribution in [2.45, 2.75) is 18.9 Å². The van der Waals surface area contributed by atoms with E-state index >= 15 is 0 Å². The van der Waals surface area contributed by atoms with Gasteiger partial charge in [0.15, 0.2) is 5.82 Å². The first kappa shape index (κ1) is 17.9. The second kappa shape index (κ2) is 7.67. The van der Waals surface area contributed by atoms with Gasteiger partial charge in [0.25, 0.3) is 5.91 Å². The Morgan fingerprint density at radius 3 is 3.03 bits per heavy atom. The van der Waals surface area contributed by atoms with Gasteiger partial charge in [-0.2, -0.15) is 0 Å². The summed E-state index contributed by atoms with van der Waals surface area (Å²) in [6.45, 7) is 2.49. The molecule has 0 unspecified atom stereocenters. The number of amides is 1. The standard InChI is InChI=1S/C22H22N4O3/c27-22(20-24-18-5-1-2-6-19(18)25-20)26-11-7-16(14-26)29-21-17(4-3-10-23-21)15-8-12-28-13-9-15/h1-6,8,10,16H,7,9,11-14H2,(H,24,25)/t16-/m1/s1. The number of H-pyrrole nitrogens is 1. The Bertz CT molecular complexity index is 1040. The van der Waals surface area contributed by atoms with Gasteiger partial charge in [0, 0.05) is 24.7 Å². The highest BCUT2D eigenvalue weighted by Crippen LogP contribution is 2.29. The number of benzene rings is 1. The predicted octanol–water partition coefficient (Wildman–Crippen LogP) is 3.06. The van der Waals surface area contributed by atoms with Crippen LogP contribution in [0, 0.1) is 0 Å². The van der Waals surface area contributed by atoms with Crippen LogP contribution >= 0.6 is 0 Å². The third-order valence-electron chi connectivity index (χ3n) is 5.38. The van der Waals surface area contributed by atoms with E-state index in [1.165, 1.54) is 5.57 Å². The van der Waals surface area contributed by atoms with Crippen molar-refractivity contribution in [2.75, 3.05) is 26.3 Å². The first-order valence-corrected chi connectivity index (χ1v) is 9.91. The minimum Gasteiger partial charge on any atom is -0.472 e. The molecular weight excluding hydrogens is 368 g/mol. The SMILES string of the molecule is O=C(c1nc2ccccc2[nH]1)N1CC[C@@H](Oc2ncccc2C2=CCOCC2)C1. The molecule has 0 aliphatic carbocycles. The van der Waals surface area contributed by atoms with Gasteiger partial charge in [-0.3, -0.25) is 4.79 Å². The highest BCUT2D eigenvalue weighted by molar-refractivity contribution is 5.94. The van der Waals surface area contributed by atoms with Crippen LogP contribution in [0.3, 0.4) is 0 Å². The third-order valence-corrected chi connectivity index (χ3v) is 5.38. The largest absolute Gasteiger partial charge is 0.472 e. The molecule has 1 aromatic carbocycles. The van der Waals surface area contributed by atoms with E-state index in [4.69, 9.17) is 9.47 Å². The zero-order valence-corrected chi connectivity index (χ0v) is 16.0. The number of aromatic amines is 1. The van der Waals surface area contributed by atoms with Gasteiger partial charge in [0.05, 0.1) is 30.8 Å². The number of nitrogens with zero attached hydrogens (tertiary/aromatic N) is 3. The van der Waals surface area contributed by atoms with Crippen LogP contribution in [0.2, 0.25) is 0 Å². The van der Waals surface area contributed by atoms with Gasteiger partial charge in [-0.15, -0.1) is 0 Å². The van der Waals surface area contributed by atoms with Crippen molar-refractivity contribution >= 4 is 22.5 Å². The molecule has 1 atom stereocenters. The number of imidazole rings is 1. The molecule has 2 aliphatic rings. The van der Waals surface area contributed by atoms with E-state index in [1.54, 1.807) is 11.1 Å². The molecule has 1 fully saturated rings. The van der Waals surface area contributed by atoms with Crippen LogP contribution < -0.4 is 4.74 Å². The van der Waals surface area contributed by atoms with E-state index in [0.29, 0.717) is 38.0 Å². The van der Waals surface area contributed by atoms with Gasteiger partial charge in [-0.05, 0) is 36.3 Å². The van der Waals surface area contributed by atoms with E-state index in [9.17, 15) is 4.79 Å². The Labute approximate surface area is 168 Å². The number of aromatic nitrogens is 3. The minimum absolute atomic E-state index is 0.0857. The summed E-state index contributed by atoms with van der Waals surface area (Å²) in [5, 5.41) is 0. The zero-order valence-electron chi connectivity index (χ0n) is 16.0. The highest BCUT2D eigenvalue weighted by Gasteiger charge is 2.30. The average molecular weight is 390 g/mol. The monoisotopic (exact) mass is 390 g/mol. The fourth-order valence-electron chi connectivity index (χ4n) is 3.87. The maximum atomic E-state index is 12.9. The summed E-state index contributed by atoms with van der Waals surface area (Å²) in [6.07, 6.45) is 5.36. The Morgan fingerprint density at radius 1 is 1.24 bits per heavy atom. The van der Waals surface area contributed by atoms with Crippen LogP contribution in [0.5, 0.6) is 5.88 Å². The molecule has 2 aromatic heterocycles. The van der Waals surface area contributed by atoms with Gasteiger partial charge in [0.2, 0.25) is 5.88 Å². The molecule has 29 heavy (non-hydrogen) atoms. The Balaban J connectivity index is 1.29. The Hall–Kier alpha value is -3.19. The van der Waals surface area contributed by atoms with E-state index in [2.05, 4.69) is 21.0 Å². The first-order chi connectivity index (χ1) is 14.3. The number of fused-ring (bicyclic) bond motifs is 1. The molecule has 1 saturated heterocycles. The fraction of sp³-hybridized carbons (Fsp3) is 0.318. The van der Waals surface area contributed by atoms with E-state index < -0.39 is 0 Å². The number of likely N-dealkylation sites (tertiary alicyclic amines) is 1. The summed E-state index contributed by atoms with van der Waals surface area (Å²) in [5.74, 6) is 0.905. The lowest BCUT2D eigenvalue weighted by Crippen LogP contribution is -2.31. The van der Waals surface area contributed by atoms with Crippen LogP contribution in [-0.4, -0.2) is 58.2 Å². The van der Waals surface area contributed by atoms with E-state index in [1.807, 2.05) is 36.4 Å². The lowest BCUT2D eigenvalue weighted by atomic mass is 10.0. The lowest BCUT2D eigenvalue weighted by Gasteiger charge is -2.19. The molecule has 0 radical (unpaired) electrons. The number of pyridine rings is 1. The molecule has 4 heterocycles. The van der Waals surface area contributed by atoms with Crippen LogP contribution in [0.4, 0.5) is 0 Å². The number of carbonyl (C=O) groups excluding carboxylic acids is 1. The van der Waals surface area contributed by atoms with Gasteiger partial charge in [0.1, 0.15) is 6.10 Å². The number of ether oxygens (including phenoxy) is 2.